The third-order valence-corrected chi connectivity index (χ3v) is 4.46. The van der Waals surface area contributed by atoms with Crippen LogP contribution in [-0.4, -0.2) is 55.1 Å². The molecule has 0 bridgehead atoms. The van der Waals surface area contributed by atoms with Crippen LogP contribution >= 0.6 is 0 Å². The number of hydrogen-bond acceptors (Lipinski definition) is 3. The standard InChI is InChI=1S/C15H19FN2O2/c1-17-13-9-18(7-10-3-5-11(16)6-4-10)8-12(13)14(20-2)15(17)19/h3-6,12-14H,7-9H2,1-2H3/t12-,13+,14-/m0/s1. The van der Waals surface area contributed by atoms with Crippen molar-refractivity contribution in [3.8, 4) is 0 Å². The molecule has 0 saturated carbocycles. The van der Waals surface area contributed by atoms with Gasteiger partial charge in [-0.25, -0.2) is 4.39 Å². The van der Waals surface area contributed by atoms with Crippen LogP contribution in [0.2, 0.25) is 0 Å². The highest BCUT2D eigenvalue weighted by Gasteiger charge is 2.51. The predicted octanol–water partition coefficient (Wildman–Crippen LogP) is 1.11. The highest BCUT2D eigenvalue weighted by molar-refractivity contribution is 5.84. The first-order valence-corrected chi connectivity index (χ1v) is 6.86. The van der Waals surface area contributed by atoms with E-state index in [1.54, 1.807) is 7.11 Å². The van der Waals surface area contributed by atoms with Crippen molar-refractivity contribution in [1.82, 2.24) is 9.80 Å². The molecule has 3 rings (SSSR count). The number of carbonyl (C=O) groups excluding carboxylic acids is 1. The molecule has 2 aliphatic rings. The van der Waals surface area contributed by atoms with E-state index in [2.05, 4.69) is 4.90 Å². The molecule has 0 radical (unpaired) electrons. The lowest BCUT2D eigenvalue weighted by Crippen LogP contribution is -2.36. The molecule has 108 valence electrons. The van der Waals surface area contributed by atoms with E-state index in [9.17, 15) is 9.18 Å². The summed E-state index contributed by atoms with van der Waals surface area (Å²) < 4.78 is 18.3. The minimum atomic E-state index is -0.316. The molecule has 2 saturated heterocycles. The molecule has 0 N–H and O–H groups in total. The van der Waals surface area contributed by atoms with Gasteiger partial charge in [-0.2, -0.15) is 0 Å². The predicted molar refractivity (Wildman–Crippen MR) is 72.5 cm³/mol. The molecule has 1 aromatic carbocycles. The number of carbonyl (C=O) groups is 1. The second-order valence-corrected chi connectivity index (χ2v) is 5.66. The van der Waals surface area contributed by atoms with Gasteiger partial charge in [-0.05, 0) is 17.7 Å². The fourth-order valence-corrected chi connectivity index (χ4v) is 3.40. The third kappa shape index (κ3) is 2.21. The molecule has 0 aliphatic carbocycles. The molecule has 0 aromatic heterocycles. The van der Waals surface area contributed by atoms with Crippen LogP contribution in [0.4, 0.5) is 4.39 Å². The number of benzene rings is 1. The summed E-state index contributed by atoms with van der Waals surface area (Å²) in [5, 5.41) is 0. The Morgan fingerprint density at radius 3 is 2.65 bits per heavy atom. The minimum absolute atomic E-state index is 0.0870. The van der Waals surface area contributed by atoms with E-state index in [1.807, 2.05) is 24.1 Å². The van der Waals surface area contributed by atoms with Crippen LogP contribution in [0.15, 0.2) is 24.3 Å². The van der Waals surface area contributed by atoms with Gasteiger partial charge in [-0.15, -0.1) is 0 Å². The number of halogens is 1. The van der Waals surface area contributed by atoms with Crippen LogP contribution in [0.25, 0.3) is 0 Å². The van der Waals surface area contributed by atoms with Crippen molar-refractivity contribution in [1.29, 1.82) is 0 Å². The van der Waals surface area contributed by atoms with Gasteiger partial charge in [0.2, 0.25) is 0 Å². The van der Waals surface area contributed by atoms with Gasteiger partial charge in [0.05, 0.1) is 6.04 Å². The van der Waals surface area contributed by atoms with E-state index in [-0.39, 0.29) is 29.8 Å². The lowest BCUT2D eigenvalue weighted by molar-refractivity contribution is -0.136. The maximum absolute atomic E-state index is 12.9. The Balaban J connectivity index is 1.68. The SMILES string of the molecule is CO[C@@H]1C(=O)N(C)[C@@H]2CN(Cc3ccc(F)cc3)C[C@H]12. The molecule has 0 spiro atoms. The molecule has 20 heavy (non-hydrogen) atoms. The normalized spacial score (nSPS) is 30.1. The zero-order valence-electron chi connectivity index (χ0n) is 11.8. The van der Waals surface area contributed by atoms with E-state index < -0.39 is 0 Å². The van der Waals surface area contributed by atoms with Gasteiger partial charge in [-0.1, -0.05) is 12.1 Å². The first kappa shape index (κ1) is 13.5. The topological polar surface area (TPSA) is 32.8 Å². The molecule has 2 fully saturated rings. The number of ether oxygens (including phenoxy) is 1. The molecule has 4 nitrogen and oxygen atoms in total. The van der Waals surface area contributed by atoms with Crippen LogP contribution in [0.5, 0.6) is 0 Å². The Kier molecular flexibility index (Phi) is 3.48. The first-order valence-electron chi connectivity index (χ1n) is 6.86. The highest BCUT2D eigenvalue weighted by Crippen LogP contribution is 2.33. The number of rotatable bonds is 3. The quantitative estimate of drug-likeness (QED) is 0.830. The third-order valence-electron chi connectivity index (χ3n) is 4.46. The minimum Gasteiger partial charge on any atom is -0.371 e. The van der Waals surface area contributed by atoms with Gasteiger partial charge in [-0.3, -0.25) is 9.69 Å². The van der Waals surface area contributed by atoms with E-state index in [1.165, 1.54) is 12.1 Å². The fraction of sp³-hybridized carbons (Fsp3) is 0.533. The van der Waals surface area contributed by atoms with Crippen LogP contribution in [-0.2, 0) is 16.1 Å². The summed E-state index contributed by atoms with van der Waals surface area (Å²) in [6.45, 7) is 2.48. The number of hydrogen-bond donors (Lipinski definition) is 0. The Bertz CT molecular complexity index is 505. The number of amides is 1. The summed E-state index contributed by atoms with van der Waals surface area (Å²) in [6, 6.07) is 6.82. The van der Waals surface area contributed by atoms with Crippen molar-refractivity contribution < 1.29 is 13.9 Å². The van der Waals surface area contributed by atoms with Crippen molar-refractivity contribution in [2.24, 2.45) is 5.92 Å². The average molecular weight is 278 g/mol. The summed E-state index contributed by atoms with van der Waals surface area (Å²) in [7, 11) is 3.45. The van der Waals surface area contributed by atoms with Gasteiger partial charge in [0.1, 0.15) is 11.9 Å². The fourth-order valence-electron chi connectivity index (χ4n) is 3.40. The van der Waals surface area contributed by atoms with E-state index in [4.69, 9.17) is 4.74 Å². The molecular weight excluding hydrogens is 259 g/mol. The smallest absolute Gasteiger partial charge is 0.252 e. The lowest BCUT2D eigenvalue weighted by Gasteiger charge is -2.21. The summed E-state index contributed by atoms with van der Waals surface area (Å²) in [4.78, 5) is 16.1. The molecule has 1 amide bonds. The Morgan fingerprint density at radius 2 is 2.00 bits per heavy atom. The average Bonchev–Trinajstić information content (AvgIpc) is 2.93. The zero-order valence-corrected chi connectivity index (χ0v) is 11.8. The Morgan fingerprint density at radius 1 is 1.30 bits per heavy atom. The Hall–Kier alpha value is -1.46. The first-order chi connectivity index (χ1) is 9.60. The van der Waals surface area contributed by atoms with Crippen molar-refractivity contribution >= 4 is 5.91 Å². The molecule has 2 aliphatic heterocycles. The monoisotopic (exact) mass is 278 g/mol. The van der Waals surface area contributed by atoms with Crippen molar-refractivity contribution in [2.45, 2.75) is 18.7 Å². The van der Waals surface area contributed by atoms with Crippen molar-refractivity contribution in [3.05, 3.63) is 35.6 Å². The maximum Gasteiger partial charge on any atom is 0.252 e. The van der Waals surface area contributed by atoms with E-state index in [0.29, 0.717) is 0 Å². The van der Waals surface area contributed by atoms with Crippen LogP contribution in [0.3, 0.4) is 0 Å². The summed E-state index contributed by atoms with van der Waals surface area (Å²) in [6.07, 6.45) is -0.316. The molecule has 2 heterocycles. The molecule has 3 atom stereocenters. The van der Waals surface area contributed by atoms with Crippen molar-refractivity contribution in [3.63, 3.8) is 0 Å². The summed E-state index contributed by atoms with van der Waals surface area (Å²) in [5.41, 5.74) is 1.09. The van der Waals surface area contributed by atoms with Crippen LogP contribution in [0, 0.1) is 11.7 Å². The van der Waals surface area contributed by atoms with Crippen molar-refractivity contribution in [2.75, 3.05) is 27.2 Å². The molecule has 0 unspecified atom stereocenters. The van der Waals surface area contributed by atoms with Crippen LogP contribution < -0.4 is 0 Å². The van der Waals surface area contributed by atoms with Gasteiger partial charge in [0, 0.05) is 39.7 Å². The largest absolute Gasteiger partial charge is 0.371 e. The molecule has 1 aromatic rings. The highest BCUT2D eigenvalue weighted by atomic mass is 19.1. The number of fused-ring (bicyclic) bond motifs is 1. The van der Waals surface area contributed by atoms with Gasteiger partial charge in [0.25, 0.3) is 5.91 Å². The lowest BCUT2D eigenvalue weighted by atomic mass is 10.0. The van der Waals surface area contributed by atoms with Gasteiger partial charge >= 0.3 is 0 Å². The summed E-state index contributed by atoms with van der Waals surface area (Å²) in [5.74, 6) is 0.110. The van der Waals surface area contributed by atoms with Crippen LogP contribution in [0.1, 0.15) is 5.56 Å². The number of likely N-dealkylation sites (tertiary alicyclic amines) is 2. The number of likely N-dealkylation sites (N-methyl/N-ethyl adjacent to an activating group) is 1. The molecule has 5 heteroatoms. The summed E-state index contributed by atoms with van der Waals surface area (Å²) >= 11 is 0. The number of nitrogens with zero attached hydrogens (tertiary/aromatic N) is 2. The second kappa shape index (κ2) is 5.14. The maximum atomic E-state index is 12.9. The number of methoxy groups -OCH3 is 1. The van der Waals surface area contributed by atoms with E-state index >= 15 is 0 Å². The Labute approximate surface area is 118 Å². The van der Waals surface area contributed by atoms with Gasteiger partial charge in [0.15, 0.2) is 0 Å². The van der Waals surface area contributed by atoms with E-state index in [0.717, 1.165) is 25.2 Å². The van der Waals surface area contributed by atoms with Gasteiger partial charge < -0.3 is 9.64 Å². The zero-order chi connectivity index (χ0) is 14.3. The molecular formula is C15H19FN2O2. The second-order valence-electron chi connectivity index (χ2n) is 5.66.